The van der Waals surface area contributed by atoms with Crippen molar-refractivity contribution in [3.8, 4) is 0 Å². The van der Waals surface area contributed by atoms with Gasteiger partial charge in [-0.1, -0.05) is 0 Å². The van der Waals surface area contributed by atoms with Gasteiger partial charge < -0.3 is 18.9 Å². The fraction of sp³-hybridized carbons (Fsp3) is 0.923. The molecule has 2 fully saturated rings. The summed E-state index contributed by atoms with van der Waals surface area (Å²) in [5.74, 6) is -0.185. The number of methoxy groups -OCH3 is 2. The Labute approximate surface area is 108 Å². The third kappa shape index (κ3) is 2.84. The quantitative estimate of drug-likeness (QED) is 0.711. The molecule has 4 unspecified atom stereocenters. The van der Waals surface area contributed by atoms with E-state index in [1.807, 2.05) is 6.92 Å². The number of rotatable bonds is 3. The van der Waals surface area contributed by atoms with Crippen LogP contribution < -0.4 is 0 Å². The molecular weight excluding hydrogens is 236 g/mol. The largest absolute Gasteiger partial charge is 0.469 e. The van der Waals surface area contributed by atoms with E-state index in [1.165, 1.54) is 7.11 Å². The van der Waals surface area contributed by atoms with Gasteiger partial charge in [-0.2, -0.15) is 0 Å². The Hall–Kier alpha value is -0.650. The highest BCUT2D eigenvalue weighted by atomic mass is 16.6. The van der Waals surface area contributed by atoms with Crippen LogP contribution >= 0.6 is 0 Å². The summed E-state index contributed by atoms with van der Waals surface area (Å²) in [6.45, 7) is 2.53. The van der Waals surface area contributed by atoms with E-state index in [4.69, 9.17) is 18.9 Å². The normalized spacial score (nSPS) is 40.1. The van der Waals surface area contributed by atoms with Crippen LogP contribution in [-0.2, 0) is 23.7 Å². The molecule has 0 amide bonds. The molecule has 1 heterocycles. The number of ether oxygens (including phenoxy) is 4. The molecule has 5 nitrogen and oxygen atoms in total. The summed E-state index contributed by atoms with van der Waals surface area (Å²) in [6, 6.07) is 0. The second-order valence-electron chi connectivity index (χ2n) is 5.08. The first-order chi connectivity index (χ1) is 8.65. The van der Waals surface area contributed by atoms with Crippen LogP contribution in [0.5, 0.6) is 0 Å². The molecule has 2 aliphatic rings. The molecule has 5 heteroatoms. The summed E-state index contributed by atoms with van der Waals surface area (Å²) in [7, 11) is 3.10. The molecule has 1 aliphatic carbocycles. The van der Waals surface area contributed by atoms with Crippen LogP contribution in [0.15, 0.2) is 0 Å². The van der Waals surface area contributed by atoms with Gasteiger partial charge in [0.2, 0.25) is 0 Å². The molecule has 0 bridgehead atoms. The minimum atomic E-state index is -0.135. The van der Waals surface area contributed by atoms with Crippen molar-refractivity contribution in [1.82, 2.24) is 0 Å². The molecule has 0 N–H and O–H groups in total. The van der Waals surface area contributed by atoms with Crippen molar-refractivity contribution < 1.29 is 23.7 Å². The maximum absolute atomic E-state index is 11.6. The van der Waals surface area contributed by atoms with Gasteiger partial charge in [0.05, 0.1) is 37.9 Å². The highest BCUT2D eigenvalue weighted by Gasteiger charge is 2.42. The van der Waals surface area contributed by atoms with E-state index in [0.717, 1.165) is 12.8 Å². The molecule has 18 heavy (non-hydrogen) atoms. The second kappa shape index (κ2) is 5.99. The lowest BCUT2D eigenvalue weighted by atomic mass is 9.84. The average molecular weight is 258 g/mol. The van der Waals surface area contributed by atoms with Crippen molar-refractivity contribution in [3.05, 3.63) is 0 Å². The molecule has 0 radical (unpaired) electrons. The summed E-state index contributed by atoms with van der Waals surface area (Å²) in [5, 5.41) is 0. The first-order valence-corrected chi connectivity index (χ1v) is 6.53. The molecule has 1 saturated carbocycles. The van der Waals surface area contributed by atoms with Crippen molar-refractivity contribution in [2.24, 2.45) is 5.92 Å². The fourth-order valence-electron chi connectivity index (χ4n) is 2.82. The number of hydrogen-bond acceptors (Lipinski definition) is 5. The Morgan fingerprint density at radius 1 is 1.22 bits per heavy atom. The lowest BCUT2D eigenvalue weighted by Gasteiger charge is -2.44. The van der Waals surface area contributed by atoms with E-state index in [-0.39, 0.29) is 36.3 Å². The molecule has 1 saturated heterocycles. The summed E-state index contributed by atoms with van der Waals surface area (Å²) in [4.78, 5) is 11.6. The summed E-state index contributed by atoms with van der Waals surface area (Å²) < 4.78 is 21.9. The summed E-state index contributed by atoms with van der Waals surface area (Å²) in [5.41, 5.74) is 0. The Kier molecular flexibility index (Phi) is 4.59. The van der Waals surface area contributed by atoms with Gasteiger partial charge in [-0.3, -0.25) is 4.79 Å². The predicted octanol–water partition coefficient (Wildman–Crippen LogP) is 1.15. The molecule has 0 aromatic rings. The zero-order chi connectivity index (χ0) is 13.1. The lowest BCUT2D eigenvalue weighted by Crippen LogP contribution is -2.52. The van der Waals surface area contributed by atoms with Crippen molar-refractivity contribution in [2.45, 2.75) is 50.6 Å². The Morgan fingerprint density at radius 3 is 2.67 bits per heavy atom. The molecule has 2 rings (SSSR count). The maximum atomic E-state index is 11.6. The second-order valence-corrected chi connectivity index (χ2v) is 5.08. The molecule has 1 aliphatic heterocycles. The van der Waals surface area contributed by atoms with E-state index < -0.39 is 0 Å². The van der Waals surface area contributed by atoms with Gasteiger partial charge in [0.1, 0.15) is 6.10 Å². The Balaban J connectivity index is 1.93. The standard InChI is InChI=1S/C13H22O5/c1-8-12(7-15-2)18-10-5-4-9(13(14)16-3)6-11(10)17-8/h8-12H,4-7H2,1-3H3/t8?,9?,10-,11?,12?/m1/s1. The first-order valence-electron chi connectivity index (χ1n) is 6.53. The molecule has 5 atom stereocenters. The lowest BCUT2D eigenvalue weighted by molar-refractivity contribution is -0.239. The number of hydrogen-bond donors (Lipinski definition) is 0. The van der Waals surface area contributed by atoms with Crippen molar-refractivity contribution in [1.29, 1.82) is 0 Å². The van der Waals surface area contributed by atoms with Crippen molar-refractivity contribution in [2.75, 3.05) is 20.8 Å². The topological polar surface area (TPSA) is 54.0 Å². The van der Waals surface area contributed by atoms with Crippen LogP contribution in [0.4, 0.5) is 0 Å². The van der Waals surface area contributed by atoms with Gasteiger partial charge in [0.15, 0.2) is 0 Å². The average Bonchev–Trinajstić information content (AvgIpc) is 2.38. The van der Waals surface area contributed by atoms with Gasteiger partial charge in [-0.15, -0.1) is 0 Å². The van der Waals surface area contributed by atoms with Crippen LogP contribution in [0.3, 0.4) is 0 Å². The van der Waals surface area contributed by atoms with E-state index in [0.29, 0.717) is 13.0 Å². The fourth-order valence-corrected chi connectivity index (χ4v) is 2.82. The van der Waals surface area contributed by atoms with Gasteiger partial charge in [0, 0.05) is 7.11 Å². The summed E-state index contributed by atoms with van der Waals surface area (Å²) in [6.07, 6.45) is 2.44. The van der Waals surface area contributed by atoms with Gasteiger partial charge in [-0.25, -0.2) is 0 Å². The Morgan fingerprint density at radius 2 is 2.00 bits per heavy atom. The van der Waals surface area contributed by atoms with E-state index >= 15 is 0 Å². The summed E-state index contributed by atoms with van der Waals surface area (Å²) >= 11 is 0. The smallest absolute Gasteiger partial charge is 0.308 e. The molecule has 0 aromatic heterocycles. The monoisotopic (exact) mass is 258 g/mol. The van der Waals surface area contributed by atoms with Crippen LogP contribution in [0.2, 0.25) is 0 Å². The predicted molar refractivity (Wildman–Crippen MR) is 64.2 cm³/mol. The van der Waals surface area contributed by atoms with Crippen molar-refractivity contribution >= 4 is 5.97 Å². The van der Waals surface area contributed by atoms with Crippen LogP contribution in [-0.4, -0.2) is 51.2 Å². The third-order valence-corrected chi connectivity index (χ3v) is 3.86. The first kappa shape index (κ1) is 13.8. The highest BCUT2D eigenvalue weighted by Crippen LogP contribution is 2.34. The van der Waals surface area contributed by atoms with E-state index in [2.05, 4.69) is 0 Å². The van der Waals surface area contributed by atoms with Gasteiger partial charge >= 0.3 is 5.97 Å². The molecule has 0 aromatic carbocycles. The number of carbonyl (C=O) groups is 1. The number of esters is 1. The van der Waals surface area contributed by atoms with Crippen LogP contribution in [0.1, 0.15) is 26.2 Å². The van der Waals surface area contributed by atoms with Gasteiger partial charge in [-0.05, 0) is 26.2 Å². The third-order valence-electron chi connectivity index (χ3n) is 3.86. The van der Waals surface area contributed by atoms with Crippen LogP contribution in [0.25, 0.3) is 0 Å². The molecule has 0 spiro atoms. The van der Waals surface area contributed by atoms with E-state index in [9.17, 15) is 4.79 Å². The Bertz CT molecular complexity index is 293. The van der Waals surface area contributed by atoms with Gasteiger partial charge in [0.25, 0.3) is 0 Å². The number of carbonyl (C=O) groups excluding carboxylic acids is 1. The minimum absolute atomic E-state index is 0.00240. The van der Waals surface area contributed by atoms with Crippen molar-refractivity contribution in [3.63, 3.8) is 0 Å². The van der Waals surface area contributed by atoms with Crippen LogP contribution in [0, 0.1) is 5.92 Å². The minimum Gasteiger partial charge on any atom is -0.469 e. The molecule has 104 valence electrons. The zero-order valence-corrected chi connectivity index (χ0v) is 11.3. The zero-order valence-electron chi connectivity index (χ0n) is 11.3. The number of fused-ring (bicyclic) bond motifs is 1. The molecular formula is C13H22O5. The highest BCUT2D eigenvalue weighted by molar-refractivity contribution is 5.72. The SMILES string of the molecule is COCC1O[C@@H]2CCC(C(=O)OC)CC2OC1C. The maximum Gasteiger partial charge on any atom is 0.308 e. The van der Waals surface area contributed by atoms with E-state index in [1.54, 1.807) is 7.11 Å².